The molecule has 170 valence electrons. The van der Waals surface area contributed by atoms with Gasteiger partial charge in [0.05, 0.1) is 4.90 Å². The van der Waals surface area contributed by atoms with Crippen LogP contribution in [0.4, 0.5) is 5.69 Å². The molecule has 0 unspecified atom stereocenters. The molecule has 0 radical (unpaired) electrons. The molecular weight excluding hydrogens is 450 g/mol. The molecule has 3 rings (SSSR count). The van der Waals surface area contributed by atoms with Gasteiger partial charge in [-0.05, 0) is 37.1 Å². The number of anilines is 1. The van der Waals surface area contributed by atoms with E-state index in [4.69, 9.17) is 4.74 Å². The van der Waals surface area contributed by atoms with E-state index in [1.165, 1.54) is 17.0 Å². The van der Waals surface area contributed by atoms with Crippen LogP contribution in [0.2, 0.25) is 0 Å². The third-order valence-electron chi connectivity index (χ3n) is 4.78. The number of amides is 2. The number of aryl methyl sites for hydroxylation is 1. The van der Waals surface area contributed by atoms with Crippen molar-refractivity contribution < 1.29 is 22.7 Å². The first-order chi connectivity index (χ1) is 15.3. The molecule has 1 saturated heterocycles. The van der Waals surface area contributed by atoms with Gasteiger partial charge in [0.15, 0.2) is 5.17 Å². The van der Waals surface area contributed by atoms with Crippen molar-refractivity contribution in [1.82, 2.24) is 4.90 Å². The lowest BCUT2D eigenvalue weighted by molar-refractivity contribution is -0.128. The minimum absolute atomic E-state index is 0.0399. The number of sulfonamides is 1. The fraction of sp³-hybridized carbons (Fsp3) is 0.318. The Morgan fingerprint density at radius 1 is 1.16 bits per heavy atom. The lowest BCUT2D eigenvalue weighted by Gasteiger charge is -2.16. The fourth-order valence-corrected chi connectivity index (χ4v) is 5.52. The highest BCUT2D eigenvalue weighted by Crippen LogP contribution is 2.31. The Kier molecular flexibility index (Phi) is 8.05. The number of methoxy groups -OCH3 is 1. The largest absolute Gasteiger partial charge is 0.385 e. The summed E-state index contributed by atoms with van der Waals surface area (Å²) in [6.07, 6.45) is 0.415. The van der Waals surface area contributed by atoms with Gasteiger partial charge in [0, 0.05) is 32.4 Å². The number of para-hydroxylation sites is 1. The first-order valence-corrected chi connectivity index (χ1v) is 12.4. The molecule has 8 nitrogen and oxygen atoms in total. The van der Waals surface area contributed by atoms with E-state index in [2.05, 4.69) is 9.71 Å². The Morgan fingerprint density at radius 2 is 1.84 bits per heavy atom. The molecule has 1 atom stereocenters. The number of rotatable bonds is 9. The van der Waals surface area contributed by atoms with E-state index in [-0.39, 0.29) is 34.8 Å². The van der Waals surface area contributed by atoms with Gasteiger partial charge in [-0.15, -0.1) is 4.40 Å². The van der Waals surface area contributed by atoms with Gasteiger partial charge >= 0.3 is 0 Å². The standard InChI is InChI=1S/C22H25N3O5S2/c1-16-9-6-7-12-18(16)23-20(26)15-19-21(27)25(13-8-14-30-2)22(31-19)24-32(28,29)17-10-4-3-5-11-17/h3-7,9-12,19H,8,13-15H2,1-2H3,(H,23,26)/t19-/m1/s1. The molecular formula is C22H25N3O5S2. The van der Waals surface area contributed by atoms with Gasteiger partial charge in [-0.3, -0.25) is 14.5 Å². The number of ether oxygens (including phenoxy) is 1. The summed E-state index contributed by atoms with van der Waals surface area (Å²) in [5.41, 5.74) is 1.58. The van der Waals surface area contributed by atoms with Crippen LogP contribution in [0, 0.1) is 6.92 Å². The van der Waals surface area contributed by atoms with Crippen molar-refractivity contribution in [2.45, 2.75) is 29.9 Å². The van der Waals surface area contributed by atoms with Gasteiger partial charge in [-0.2, -0.15) is 8.42 Å². The van der Waals surface area contributed by atoms with Crippen molar-refractivity contribution in [1.29, 1.82) is 0 Å². The minimum atomic E-state index is -4.00. The van der Waals surface area contributed by atoms with Crippen molar-refractivity contribution in [2.75, 3.05) is 25.6 Å². The van der Waals surface area contributed by atoms with Gasteiger partial charge in [0.25, 0.3) is 10.0 Å². The molecule has 1 aliphatic rings. The Balaban J connectivity index is 1.79. The maximum Gasteiger partial charge on any atom is 0.284 e. The minimum Gasteiger partial charge on any atom is -0.385 e. The zero-order valence-corrected chi connectivity index (χ0v) is 19.5. The summed E-state index contributed by atoms with van der Waals surface area (Å²) < 4.78 is 34.4. The summed E-state index contributed by atoms with van der Waals surface area (Å²) >= 11 is 0.995. The third kappa shape index (κ3) is 5.96. The second kappa shape index (κ2) is 10.8. The highest BCUT2D eigenvalue weighted by atomic mass is 32.2. The van der Waals surface area contributed by atoms with Crippen molar-refractivity contribution in [3.8, 4) is 0 Å². The number of hydrogen-bond acceptors (Lipinski definition) is 6. The molecule has 0 bridgehead atoms. The van der Waals surface area contributed by atoms with Crippen LogP contribution >= 0.6 is 11.8 Å². The van der Waals surface area contributed by atoms with Crippen molar-refractivity contribution >= 4 is 44.5 Å². The molecule has 32 heavy (non-hydrogen) atoms. The zero-order chi connectivity index (χ0) is 23.1. The van der Waals surface area contributed by atoms with Gasteiger partial charge in [0.2, 0.25) is 11.8 Å². The third-order valence-corrected chi connectivity index (χ3v) is 7.35. The Morgan fingerprint density at radius 3 is 2.53 bits per heavy atom. The summed E-state index contributed by atoms with van der Waals surface area (Å²) in [6, 6.07) is 15.2. The van der Waals surface area contributed by atoms with Crippen LogP contribution in [0.5, 0.6) is 0 Å². The van der Waals surface area contributed by atoms with Gasteiger partial charge in [-0.25, -0.2) is 0 Å². The van der Waals surface area contributed by atoms with Gasteiger partial charge in [0.1, 0.15) is 5.25 Å². The molecule has 10 heteroatoms. The maximum absolute atomic E-state index is 13.0. The smallest absolute Gasteiger partial charge is 0.284 e. The number of nitrogens with zero attached hydrogens (tertiary/aromatic N) is 2. The van der Waals surface area contributed by atoms with Gasteiger partial charge < -0.3 is 10.1 Å². The van der Waals surface area contributed by atoms with E-state index in [1.807, 2.05) is 25.1 Å². The van der Waals surface area contributed by atoms with Crippen molar-refractivity contribution in [3.63, 3.8) is 0 Å². The SMILES string of the molecule is COCCCN1C(=O)[C@@H](CC(=O)Nc2ccccc2C)SC1=NS(=O)(=O)c1ccccc1. The monoisotopic (exact) mass is 475 g/mol. The molecule has 2 aromatic carbocycles. The van der Waals surface area contributed by atoms with Gasteiger partial charge in [-0.1, -0.05) is 48.2 Å². The van der Waals surface area contributed by atoms with Crippen LogP contribution in [0.3, 0.4) is 0 Å². The summed E-state index contributed by atoms with van der Waals surface area (Å²) in [5.74, 6) is -0.665. The Bertz CT molecular complexity index is 1100. The highest BCUT2D eigenvalue weighted by Gasteiger charge is 2.40. The van der Waals surface area contributed by atoms with E-state index < -0.39 is 15.3 Å². The molecule has 2 amide bonds. The van der Waals surface area contributed by atoms with Crippen LogP contribution in [-0.2, 0) is 24.3 Å². The number of hydrogen-bond donors (Lipinski definition) is 1. The zero-order valence-electron chi connectivity index (χ0n) is 17.9. The topological polar surface area (TPSA) is 105 Å². The second-order valence-electron chi connectivity index (χ2n) is 7.17. The number of carbonyl (C=O) groups is 2. The van der Waals surface area contributed by atoms with E-state index in [0.29, 0.717) is 18.7 Å². The summed E-state index contributed by atoms with van der Waals surface area (Å²) in [4.78, 5) is 26.9. The molecule has 1 heterocycles. The average Bonchev–Trinajstić information content (AvgIpc) is 3.04. The number of benzene rings is 2. The van der Waals surface area contributed by atoms with Crippen LogP contribution < -0.4 is 5.32 Å². The molecule has 1 aliphatic heterocycles. The quantitative estimate of drug-likeness (QED) is 0.559. The lowest BCUT2D eigenvalue weighted by atomic mass is 10.2. The number of nitrogens with one attached hydrogen (secondary N) is 1. The highest BCUT2D eigenvalue weighted by molar-refractivity contribution is 8.16. The summed E-state index contributed by atoms with van der Waals surface area (Å²) in [5, 5.41) is 2.13. The van der Waals surface area contributed by atoms with E-state index in [9.17, 15) is 18.0 Å². The van der Waals surface area contributed by atoms with Crippen LogP contribution in [0.1, 0.15) is 18.4 Å². The second-order valence-corrected chi connectivity index (χ2v) is 9.95. The summed E-state index contributed by atoms with van der Waals surface area (Å²) in [6.45, 7) is 2.53. The molecule has 1 N–H and O–H groups in total. The first kappa shape index (κ1) is 24.0. The predicted octanol–water partition coefficient (Wildman–Crippen LogP) is 3.05. The van der Waals surface area contributed by atoms with Crippen molar-refractivity contribution in [3.05, 3.63) is 60.2 Å². The predicted molar refractivity (Wildman–Crippen MR) is 125 cm³/mol. The Hall–Kier alpha value is -2.69. The fourth-order valence-electron chi connectivity index (χ4n) is 3.11. The normalized spacial score (nSPS) is 17.7. The maximum atomic E-state index is 13.0. The molecule has 0 spiro atoms. The number of carbonyl (C=O) groups excluding carboxylic acids is 2. The van der Waals surface area contributed by atoms with Crippen LogP contribution in [0.15, 0.2) is 63.9 Å². The molecule has 0 aromatic heterocycles. The molecule has 0 aliphatic carbocycles. The van der Waals surface area contributed by atoms with Crippen LogP contribution in [-0.4, -0.2) is 55.8 Å². The number of amidine groups is 1. The lowest BCUT2D eigenvalue weighted by Crippen LogP contribution is -2.35. The van der Waals surface area contributed by atoms with E-state index in [0.717, 1.165) is 17.3 Å². The molecule has 2 aromatic rings. The average molecular weight is 476 g/mol. The van der Waals surface area contributed by atoms with E-state index in [1.54, 1.807) is 31.4 Å². The number of thioether (sulfide) groups is 1. The summed E-state index contributed by atoms with van der Waals surface area (Å²) in [7, 11) is -2.45. The molecule has 1 fully saturated rings. The molecule has 0 saturated carbocycles. The van der Waals surface area contributed by atoms with Crippen LogP contribution in [0.25, 0.3) is 0 Å². The van der Waals surface area contributed by atoms with E-state index >= 15 is 0 Å². The first-order valence-electron chi connectivity index (χ1n) is 10.0. The van der Waals surface area contributed by atoms with Crippen molar-refractivity contribution in [2.24, 2.45) is 4.40 Å². The Labute approximate surface area is 192 Å².